The first kappa shape index (κ1) is 25.5. The second-order valence-electron chi connectivity index (χ2n) is 9.87. The van der Waals surface area contributed by atoms with Crippen LogP contribution in [0.4, 0.5) is 5.82 Å². The minimum atomic E-state index is 0.501. The van der Waals surface area contributed by atoms with Gasteiger partial charge in [-0.2, -0.15) is 0 Å². The Morgan fingerprint density at radius 1 is 0.944 bits per heavy atom. The quantitative estimate of drug-likeness (QED) is 0.155. The van der Waals surface area contributed by atoms with Gasteiger partial charge in [0.2, 0.25) is 0 Å². The molecule has 0 spiro atoms. The number of hydrogen-bond acceptors (Lipinski definition) is 4. The third-order valence-electron chi connectivity index (χ3n) is 6.68. The van der Waals surface area contributed by atoms with Crippen molar-refractivity contribution in [1.82, 2.24) is 19.9 Å². The van der Waals surface area contributed by atoms with Crippen molar-refractivity contribution in [2.24, 2.45) is 0 Å². The summed E-state index contributed by atoms with van der Waals surface area (Å²) in [6, 6.07) is 17.0. The molecule has 2 aromatic heterocycles. The fourth-order valence-electron chi connectivity index (χ4n) is 4.63. The molecule has 0 aliphatic heterocycles. The third kappa shape index (κ3) is 6.14. The van der Waals surface area contributed by atoms with E-state index in [1.54, 1.807) is 0 Å². The molecular weight excluding hydrogens is 442 g/mol. The standard InChI is InChI=1S/C31H39N5/c1-5-6-15-28-35-29-30(26-13-9-10-14-27(26)34-31(29)32)36(28)21-25-18-16-24(17-19-25)20-33-23(4)12-8-7-11-22(2)3/h9-10,13-14,16-19,33H,2,4-8,11-12,15,20-21H2,1,3H3,(H2,32,34). The van der Waals surface area contributed by atoms with E-state index in [9.17, 15) is 0 Å². The normalized spacial score (nSPS) is 11.3. The van der Waals surface area contributed by atoms with Crippen LogP contribution in [0.1, 0.15) is 69.3 Å². The van der Waals surface area contributed by atoms with Crippen LogP contribution in [0.2, 0.25) is 0 Å². The zero-order chi connectivity index (χ0) is 25.5. The average molecular weight is 482 g/mol. The fourth-order valence-corrected chi connectivity index (χ4v) is 4.63. The molecule has 0 saturated carbocycles. The van der Waals surface area contributed by atoms with Gasteiger partial charge in [0.05, 0.1) is 11.0 Å². The summed E-state index contributed by atoms with van der Waals surface area (Å²) < 4.78 is 2.34. The summed E-state index contributed by atoms with van der Waals surface area (Å²) in [4.78, 5) is 9.56. The lowest BCUT2D eigenvalue weighted by atomic mass is 10.1. The smallest absolute Gasteiger partial charge is 0.152 e. The number of benzene rings is 2. The van der Waals surface area contributed by atoms with Gasteiger partial charge in [0.1, 0.15) is 11.3 Å². The van der Waals surface area contributed by atoms with Crippen molar-refractivity contribution in [1.29, 1.82) is 0 Å². The molecule has 5 heteroatoms. The number of anilines is 1. The number of nitrogens with zero attached hydrogens (tertiary/aromatic N) is 3. The predicted molar refractivity (Wildman–Crippen MR) is 153 cm³/mol. The van der Waals surface area contributed by atoms with E-state index in [1.165, 1.54) is 23.1 Å². The van der Waals surface area contributed by atoms with Gasteiger partial charge in [-0.1, -0.05) is 68.0 Å². The molecule has 0 fully saturated rings. The molecule has 0 aliphatic carbocycles. The topological polar surface area (TPSA) is 68.8 Å². The van der Waals surface area contributed by atoms with Crippen LogP contribution in [-0.2, 0) is 19.5 Å². The van der Waals surface area contributed by atoms with Gasteiger partial charge >= 0.3 is 0 Å². The minimum Gasteiger partial charge on any atom is -0.385 e. The molecule has 0 amide bonds. The second kappa shape index (κ2) is 11.9. The number of fused-ring (bicyclic) bond motifs is 3. The summed E-state index contributed by atoms with van der Waals surface area (Å²) in [5, 5.41) is 4.58. The van der Waals surface area contributed by atoms with Gasteiger partial charge < -0.3 is 15.6 Å². The molecular formula is C31H39N5. The number of unbranched alkanes of at least 4 members (excludes halogenated alkanes) is 2. The molecule has 0 unspecified atom stereocenters. The average Bonchev–Trinajstić information content (AvgIpc) is 3.24. The monoisotopic (exact) mass is 481 g/mol. The maximum atomic E-state index is 6.35. The highest BCUT2D eigenvalue weighted by molar-refractivity contribution is 6.06. The van der Waals surface area contributed by atoms with Gasteiger partial charge in [0, 0.05) is 30.6 Å². The van der Waals surface area contributed by atoms with E-state index < -0.39 is 0 Å². The summed E-state index contributed by atoms with van der Waals surface area (Å²) >= 11 is 0. The highest BCUT2D eigenvalue weighted by Gasteiger charge is 2.17. The number of aromatic nitrogens is 3. The van der Waals surface area contributed by atoms with Gasteiger partial charge in [0.25, 0.3) is 0 Å². The van der Waals surface area contributed by atoms with Crippen LogP contribution in [0, 0.1) is 0 Å². The largest absolute Gasteiger partial charge is 0.385 e. The molecule has 0 bridgehead atoms. The Hall–Kier alpha value is -3.60. The zero-order valence-corrected chi connectivity index (χ0v) is 21.8. The third-order valence-corrected chi connectivity index (χ3v) is 6.68. The Morgan fingerprint density at radius 2 is 1.67 bits per heavy atom. The molecule has 0 atom stereocenters. The fraction of sp³-hybridized carbons (Fsp3) is 0.355. The van der Waals surface area contributed by atoms with E-state index in [0.29, 0.717) is 5.82 Å². The van der Waals surface area contributed by atoms with Crippen molar-refractivity contribution >= 4 is 27.8 Å². The van der Waals surface area contributed by atoms with E-state index in [4.69, 9.17) is 10.7 Å². The first-order chi connectivity index (χ1) is 17.5. The Balaban J connectivity index is 1.50. The van der Waals surface area contributed by atoms with Crippen molar-refractivity contribution < 1.29 is 0 Å². The maximum Gasteiger partial charge on any atom is 0.152 e. The molecule has 0 aliphatic rings. The Bertz CT molecular complexity index is 1350. The van der Waals surface area contributed by atoms with Crippen LogP contribution >= 0.6 is 0 Å². The predicted octanol–water partition coefficient (Wildman–Crippen LogP) is 7.30. The lowest BCUT2D eigenvalue weighted by Crippen LogP contribution is -2.12. The van der Waals surface area contributed by atoms with E-state index >= 15 is 0 Å². The molecule has 188 valence electrons. The van der Waals surface area contributed by atoms with Crippen molar-refractivity contribution in [3.8, 4) is 0 Å². The molecule has 36 heavy (non-hydrogen) atoms. The van der Waals surface area contributed by atoms with Gasteiger partial charge in [-0.25, -0.2) is 9.97 Å². The Kier molecular flexibility index (Phi) is 8.42. The van der Waals surface area contributed by atoms with E-state index in [1.807, 2.05) is 12.1 Å². The minimum absolute atomic E-state index is 0.501. The number of nitrogen functional groups attached to an aromatic ring is 1. The van der Waals surface area contributed by atoms with Gasteiger partial charge in [-0.3, -0.25) is 0 Å². The molecule has 5 nitrogen and oxygen atoms in total. The number of aryl methyl sites for hydroxylation is 1. The van der Waals surface area contributed by atoms with Crippen LogP contribution < -0.4 is 11.1 Å². The molecule has 4 rings (SSSR count). The van der Waals surface area contributed by atoms with Crippen molar-refractivity contribution in [2.45, 2.75) is 71.9 Å². The highest BCUT2D eigenvalue weighted by Crippen LogP contribution is 2.30. The van der Waals surface area contributed by atoms with Crippen LogP contribution in [-0.4, -0.2) is 14.5 Å². The summed E-state index contributed by atoms with van der Waals surface area (Å²) in [6.45, 7) is 14.0. The van der Waals surface area contributed by atoms with E-state index in [0.717, 1.165) is 85.1 Å². The lowest BCUT2D eigenvalue weighted by molar-refractivity contribution is 0.675. The molecule has 0 radical (unpaired) electrons. The number of imidazole rings is 1. The van der Waals surface area contributed by atoms with E-state index in [-0.39, 0.29) is 0 Å². The Labute approximate surface area is 215 Å². The molecule has 3 N–H and O–H groups in total. The lowest BCUT2D eigenvalue weighted by Gasteiger charge is -2.13. The molecule has 2 heterocycles. The molecule has 2 aromatic carbocycles. The van der Waals surface area contributed by atoms with Crippen LogP contribution in [0.25, 0.3) is 21.9 Å². The first-order valence-electron chi connectivity index (χ1n) is 13.1. The summed E-state index contributed by atoms with van der Waals surface area (Å²) in [5.41, 5.74) is 14.0. The SMILES string of the molecule is C=C(C)CCCCC(=C)NCc1ccc(Cn2c(CCCC)nc3c(N)nc4ccccc4c32)cc1. The second-order valence-corrected chi connectivity index (χ2v) is 9.87. The number of allylic oxidation sites excluding steroid dienone is 2. The van der Waals surface area contributed by atoms with Crippen LogP contribution in [0.15, 0.2) is 73.0 Å². The van der Waals surface area contributed by atoms with Crippen LogP contribution in [0.5, 0.6) is 0 Å². The van der Waals surface area contributed by atoms with Crippen molar-refractivity contribution in [3.63, 3.8) is 0 Å². The Morgan fingerprint density at radius 3 is 2.42 bits per heavy atom. The number of para-hydroxylation sites is 1. The summed E-state index contributed by atoms with van der Waals surface area (Å²) in [7, 11) is 0. The van der Waals surface area contributed by atoms with Crippen molar-refractivity contribution in [3.05, 3.63) is 89.9 Å². The number of pyridine rings is 1. The maximum absolute atomic E-state index is 6.35. The van der Waals surface area contributed by atoms with Crippen LogP contribution in [0.3, 0.4) is 0 Å². The van der Waals surface area contributed by atoms with E-state index in [2.05, 4.69) is 78.3 Å². The summed E-state index contributed by atoms with van der Waals surface area (Å²) in [5.74, 6) is 1.58. The molecule has 0 saturated heterocycles. The first-order valence-corrected chi connectivity index (χ1v) is 13.1. The number of rotatable bonds is 13. The zero-order valence-electron chi connectivity index (χ0n) is 21.8. The summed E-state index contributed by atoms with van der Waals surface area (Å²) in [6.07, 6.45) is 7.56. The highest BCUT2D eigenvalue weighted by atomic mass is 15.1. The van der Waals surface area contributed by atoms with Gasteiger partial charge in [-0.15, -0.1) is 6.58 Å². The number of nitrogens with two attached hydrogens (primary N) is 1. The van der Waals surface area contributed by atoms with Crippen molar-refractivity contribution in [2.75, 3.05) is 5.73 Å². The van der Waals surface area contributed by atoms with Gasteiger partial charge in [0.15, 0.2) is 5.82 Å². The van der Waals surface area contributed by atoms with Gasteiger partial charge in [-0.05, 0) is 56.2 Å². The number of hydrogen-bond donors (Lipinski definition) is 2. The number of nitrogens with one attached hydrogen (secondary N) is 1. The molecule has 4 aromatic rings.